The van der Waals surface area contributed by atoms with Crippen molar-refractivity contribution in [2.24, 2.45) is 0 Å². The monoisotopic (exact) mass is 248 g/mol. The van der Waals surface area contributed by atoms with E-state index in [9.17, 15) is 9.59 Å². The minimum absolute atomic E-state index is 0.491. The Morgan fingerprint density at radius 3 is 2.18 bits per heavy atom. The van der Waals surface area contributed by atoms with Gasteiger partial charge in [-0.1, -0.05) is 24.1 Å². The van der Waals surface area contributed by atoms with Gasteiger partial charge in [-0.05, 0) is 6.07 Å². The molecule has 0 radical (unpaired) electrons. The Bertz CT molecular complexity index is 460. The first-order chi connectivity index (χ1) is 8.04. The van der Waals surface area contributed by atoms with Gasteiger partial charge in [0.05, 0.1) is 0 Å². The molecule has 4 nitrogen and oxygen atoms in total. The van der Waals surface area contributed by atoms with E-state index in [4.69, 9.17) is 15.3 Å². The van der Waals surface area contributed by atoms with Crippen LogP contribution in [-0.2, 0) is 18.4 Å². The summed E-state index contributed by atoms with van der Waals surface area (Å²) in [6.07, 6.45) is 5.34. The van der Waals surface area contributed by atoms with E-state index in [1.165, 1.54) is 13.8 Å². The number of terminal acetylenes is 1. The highest BCUT2D eigenvalue weighted by molar-refractivity contribution is 6.65. The van der Waals surface area contributed by atoms with E-state index >= 15 is 0 Å². The van der Waals surface area contributed by atoms with E-state index in [-0.39, 0.29) is 0 Å². The number of carbonyl (C=O) groups is 2. The molecule has 88 valence electrons. The topological polar surface area (TPSA) is 52.6 Å². The van der Waals surface area contributed by atoms with Crippen molar-refractivity contribution >= 4 is 26.4 Å². The number of benzene rings is 1. The Kier molecular flexibility index (Phi) is 4.49. The molecule has 0 aliphatic heterocycles. The molecule has 0 N–H and O–H groups in total. The maximum absolute atomic E-state index is 11.0. The first kappa shape index (κ1) is 13.0. The summed E-state index contributed by atoms with van der Waals surface area (Å²) < 4.78 is 10.1. The van der Waals surface area contributed by atoms with Crippen molar-refractivity contribution in [3.8, 4) is 12.3 Å². The highest BCUT2D eigenvalue weighted by Crippen LogP contribution is 2.00. The lowest BCUT2D eigenvalue weighted by molar-refractivity contribution is -0.137. The van der Waals surface area contributed by atoms with E-state index in [0.29, 0.717) is 10.8 Å². The molecule has 0 fully saturated rings. The second-order valence-electron chi connectivity index (χ2n) is 3.28. The van der Waals surface area contributed by atoms with Gasteiger partial charge < -0.3 is 8.85 Å². The fourth-order valence-corrected chi connectivity index (χ4v) is 2.89. The molecule has 0 aliphatic rings. The molecule has 0 amide bonds. The van der Waals surface area contributed by atoms with Crippen LogP contribution >= 0.6 is 0 Å². The van der Waals surface area contributed by atoms with Crippen LogP contribution in [0, 0.1) is 12.3 Å². The van der Waals surface area contributed by atoms with Crippen molar-refractivity contribution in [2.75, 3.05) is 0 Å². The Balaban J connectivity index is 3.07. The summed E-state index contributed by atoms with van der Waals surface area (Å²) in [5, 5.41) is 0.611. The Morgan fingerprint density at radius 1 is 1.18 bits per heavy atom. The molecular formula is C12H12O4Si. The first-order valence-corrected chi connectivity index (χ1v) is 6.46. The molecule has 0 atom stereocenters. The minimum atomic E-state index is -2.61. The third-order valence-corrected chi connectivity index (χ3v) is 4.02. The van der Waals surface area contributed by atoms with Gasteiger partial charge >= 0.3 is 9.28 Å². The number of rotatable bonds is 3. The van der Waals surface area contributed by atoms with Crippen LogP contribution in [0.1, 0.15) is 19.4 Å². The summed E-state index contributed by atoms with van der Waals surface area (Å²) in [7, 11) is -2.61. The van der Waals surface area contributed by atoms with E-state index in [1.807, 2.05) is 0 Å². The summed E-state index contributed by atoms with van der Waals surface area (Å²) in [6.45, 7) is 2.53. The average Bonchev–Trinajstić information content (AvgIpc) is 2.27. The summed E-state index contributed by atoms with van der Waals surface area (Å²) in [4.78, 5) is 22.0. The fourth-order valence-electron chi connectivity index (χ4n) is 1.29. The van der Waals surface area contributed by atoms with Gasteiger partial charge in [-0.2, -0.15) is 0 Å². The molecule has 17 heavy (non-hydrogen) atoms. The summed E-state index contributed by atoms with van der Waals surface area (Å²) in [6, 6.07) is 6.94. The Labute approximate surface area is 101 Å². The SMILES string of the molecule is C#Cc1ccccc1[SiH](OC(C)=O)OC(C)=O. The zero-order valence-electron chi connectivity index (χ0n) is 9.60. The molecule has 1 aromatic rings. The van der Waals surface area contributed by atoms with Crippen molar-refractivity contribution in [3.05, 3.63) is 29.8 Å². The maximum Gasteiger partial charge on any atom is 0.484 e. The summed E-state index contributed by atoms with van der Waals surface area (Å²) in [5.41, 5.74) is 0.576. The summed E-state index contributed by atoms with van der Waals surface area (Å²) in [5.74, 6) is 1.49. The highest BCUT2D eigenvalue weighted by atomic mass is 28.3. The third kappa shape index (κ3) is 3.77. The lowest BCUT2D eigenvalue weighted by atomic mass is 10.2. The van der Waals surface area contributed by atoms with E-state index in [0.717, 1.165) is 0 Å². The van der Waals surface area contributed by atoms with Gasteiger partial charge in [-0.15, -0.1) is 6.42 Å². The largest absolute Gasteiger partial charge is 0.484 e. The predicted octanol–water partition coefficient (Wildman–Crippen LogP) is 0.222. The van der Waals surface area contributed by atoms with Gasteiger partial charge in [-0.25, -0.2) is 0 Å². The molecule has 1 aromatic carbocycles. The molecule has 0 unspecified atom stereocenters. The predicted molar refractivity (Wildman–Crippen MR) is 64.7 cm³/mol. The molecule has 1 rings (SSSR count). The van der Waals surface area contributed by atoms with Crippen LogP contribution in [0.25, 0.3) is 0 Å². The van der Waals surface area contributed by atoms with Crippen LogP contribution in [0.4, 0.5) is 0 Å². The van der Waals surface area contributed by atoms with Crippen molar-refractivity contribution in [2.45, 2.75) is 13.8 Å². The van der Waals surface area contributed by atoms with Crippen LogP contribution in [0.3, 0.4) is 0 Å². The lowest BCUT2D eigenvalue weighted by Gasteiger charge is -2.15. The summed E-state index contributed by atoms with van der Waals surface area (Å²) >= 11 is 0. The molecule has 0 saturated carbocycles. The standard InChI is InChI=1S/C12H12O4Si/c1-4-11-7-5-6-8-12(11)17(15-9(2)13)16-10(3)14/h1,5-8,17H,2-3H3. The number of carbonyl (C=O) groups excluding carboxylic acids is 2. The second kappa shape index (κ2) is 5.87. The average molecular weight is 248 g/mol. The van der Waals surface area contributed by atoms with Crippen molar-refractivity contribution in [1.29, 1.82) is 0 Å². The Morgan fingerprint density at radius 2 is 1.71 bits per heavy atom. The molecule has 0 aromatic heterocycles. The Hall–Kier alpha value is -2.06. The molecule has 5 heteroatoms. The molecule has 0 heterocycles. The molecule has 0 aliphatic carbocycles. The van der Waals surface area contributed by atoms with Crippen LogP contribution in [0.5, 0.6) is 0 Å². The number of hydrogen-bond donors (Lipinski definition) is 0. The maximum atomic E-state index is 11.0. The van der Waals surface area contributed by atoms with Gasteiger partial charge in [0, 0.05) is 24.6 Å². The van der Waals surface area contributed by atoms with Gasteiger partial charge in [0.1, 0.15) is 0 Å². The van der Waals surface area contributed by atoms with E-state index in [1.54, 1.807) is 24.3 Å². The third-order valence-electron chi connectivity index (χ3n) is 1.92. The van der Waals surface area contributed by atoms with Gasteiger partial charge in [0.2, 0.25) is 0 Å². The van der Waals surface area contributed by atoms with Crippen molar-refractivity contribution in [3.63, 3.8) is 0 Å². The first-order valence-electron chi connectivity index (χ1n) is 4.94. The van der Waals surface area contributed by atoms with Crippen LogP contribution in [0.2, 0.25) is 0 Å². The zero-order valence-corrected chi connectivity index (χ0v) is 10.8. The van der Waals surface area contributed by atoms with Crippen LogP contribution in [-0.4, -0.2) is 21.2 Å². The highest BCUT2D eigenvalue weighted by Gasteiger charge is 2.25. The fraction of sp³-hybridized carbons (Fsp3) is 0.167. The normalized spacial score (nSPS) is 9.53. The van der Waals surface area contributed by atoms with Gasteiger partial charge in [0.25, 0.3) is 11.9 Å². The second-order valence-corrected chi connectivity index (χ2v) is 5.04. The van der Waals surface area contributed by atoms with Crippen LogP contribution in [0.15, 0.2) is 24.3 Å². The smallest absolute Gasteiger partial charge is 0.484 e. The van der Waals surface area contributed by atoms with Gasteiger partial charge in [-0.3, -0.25) is 9.59 Å². The van der Waals surface area contributed by atoms with E-state index in [2.05, 4.69) is 5.92 Å². The minimum Gasteiger partial charge on any atom is -0.484 e. The number of hydrogen-bond acceptors (Lipinski definition) is 4. The molecule has 0 bridgehead atoms. The van der Waals surface area contributed by atoms with Crippen molar-refractivity contribution in [1.82, 2.24) is 0 Å². The quantitative estimate of drug-likeness (QED) is 0.567. The lowest BCUT2D eigenvalue weighted by Crippen LogP contribution is -2.41. The van der Waals surface area contributed by atoms with Crippen molar-refractivity contribution < 1.29 is 18.4 Å². The molecule has 0 saturated heterocycles. The van der Waals surface area contributed by atoms with Gasteiger partial charge in [0.15, 0.2) is 0 Å². The van der Waals surface area contributed by atoms with Crippen LogP contribution < -0.4 is 5.19 Å². The molecule has 0 spiro atoms. The molecular weight excluding hydrogens is 236 g/mol. The zero-order chi connectivity index (χ0) is 12.8. The van der Waals surface area contributed by atoms with E-state index < -0.39 is 21.2 Å².